The SMILES string of the molecule is COc1ccc(-n2c(C)cc([C@@H]3[C@H](c4ccccn4)NC(=S)N3c3ccc(Br)c(C)c3)c2C)c([N+](=O)[O-])c1. The Morgan fingerprint density at radius 2 is 1.89 bits per heavy atom. The van der Waals surface area contributed by atoms with Crippen LogP contribution in [0.25, 0.3) is 5.69 Å². The van der Waals surface area contributed by atoms with Gasteiger partial charge in [0, 0.05) is 27.7 Å². The van der Waals surface area contributed by atoms with Gasteiger partial charge in [0.1, 0.15) is 11.4 Å². The van der Waals surface area contributed by atoms with Crippen LogP contribution in [0.15, 0.2) is 71.3 Å². The molecule has 8 nitrogen and oxygen atoms in total. The van der Waals surface area contributed by atoms with Crippen molar-refractivity contribution in [2.24, 2.45) is 0 Å². The van der Waals surface area contributed by atoms with Crippen LogP contribution in [-0.4, -0.2) is 26.7 Å². The molecule has 2 aromatic heterocycles. The zero-order valence-corrected chi connectivity index (χ0v) is 23.7. The molecule has 4 aromatic rings. The van der Waals surface area contributed by atoms with E-state index in [0.29, 0.717) is 16.5 Å². The molecule has 5 rings (SSSR count). The number of nitrogens with zero attached hydrogens (tertiary/aromatic N) is 4. The van der Waals surface area contributed by atoms with E-state index in [-0.39, 0.29) is 22.7 Å². The lowest BCUT2D eigenvalue weighted by Crippen LogP contribution is -2.29. The molecule has 2 atom stereocenters. The number of methoxy groups -OCH3 is 1. The summed E-state index contributed by atoms with van der Waals surface area (Å²) in [7, 11) is 1.50. The van der Waals surface area contributed by atoms with Crippen molar-refractivity contribution < 1.29 is 9.66 Å². The van der Waals surface area contributed by atoms with Crippen molar-refractivity contribution in [2.45, 2.75) is 32.9 Å². The molecular formula is C28H26BrN5O3S. The predicted molar refractivity (Wildman–Crippen MR) is 155 cm³/mol. The van der Waals surface area contributed by atoms with E-state index in [0.717, 1.165) is 38.4 Å². The summed E-state index contributed by atoms with van der Waals surface area (Å²) in [6.07, 6.45) is 1.77. The summed E-state index contributed by atoms with van der Waals surface area (Å²) in [5.74, 6) is 0.431. The fraction of sp³-hybridized carbons (Fsp3) is 0.214. The molecule has 0 aliphatic carbocycles. The topological polar surface area (TPSA) is 85.5 Å². The van der Waals surface area contributed by atoms with Crippen LogP contribution in [0.4, 0.5) is 11.4 Å². The van der Waals surface area contributed by atoms with Gasteiger partial charge in [0.15, 0.2) is 5.11 Å². The van der Waals surface area contributed by atoms with Crippen LogP contribution in [0.5, 0.6) is 5.75 Å². The summed E-state index contributed by atoms with van der Waals surface area (Å²) in [5, 5.41) is 16.1. The molecule has 3 heterocycles. The highest BCUT2D eigenvalue weighted by molar-refractivity contribution is 9.10. The highest BCUT2D eigenvalue weighted by atomic mass is 79.9. The molecule has 194 valence electrons. The maximum absolute atomic E-state index is 12.0. The average molecular weight is 593 g/mol. The smallest absolute Gasteiger partial charge is 0.296 e. The first-order valence-corrected chi connectivity index (χ1v) is 13.2. The van der Waals surface area contributed by atoms with Gasteiger partial charge in [-0.25, -0.2) is 0 Å². The first-order chi connectivity index (χ1) is 18.2. The Kier molecular flexibility index (Phi) is 6.93. The molecule has 1 N–H and O–H groups in total. The molecule has 1 saturated heterocycles. The van der Waals surface area contributed by atoms with E-state index in [4.69, 9.17) is 17.0 Å². The molecule has 0 amide bonds. The van der Waals surface area contributed by atoms with Crippen LogP contribution < -0.4 is 15.0 Å². The Morgan fingerprint density at radius 1 is 1.11 bits per heavy atom. The van der Waals surface area contributed by atoms with Crippen LogP contribution in [0, 0.1) is 30.9 Å². The highest BCUT2D eigenvalue weighted by Gasteiger charge is 2.42. The number of benzene rings is 2. The van der Waals surface area contributed by atoms with Crippen molar-refractivity contribution >= 4 is 44.6 Å². The quantitative estimate of drug-likeness (QED) is 0.152. The van der Waals surface area contributed by atoms with E-state index in [9.17, 15) is 10.1 Å². The van der Waals surface area contributed by atoms with Crippen LogP contribution in [-0.2, 0) is 0 Å². The number of aryl methyl sites for hydroxylation is 2. The summed E-state index contributed by atoms with van der Waals surface area (Å²) >= 11 is 9.47. The zero-order chi connectivity index (χ0) is 27.1. The third-order valence-electron chi connectivity index (χ3n) is 6.93. The minimum absolute atomic E-state index is 0.0283. The van der Waals surface area contributed by atoms with Crippen molar-refractivity contribution in [3.05, 3.63) is 110 Å². The fourth-order valence-electron chi connectivity index (χ4n) is 5.15. The van der Waals surface area contributed by atoms with Gasteiger partial charge in [0.05, 0.1) is 35.9 Å². The summed E-state index contributed by atoms with van der Waals surface area (Å²) in [6.45, 7) is 5.98. The predicted octanol–water partition coefficient (Wildman–Crippen LogP) is 6.65. The van der Waals surface area contributed by atoms with E-state index in [1.54, 1.807) is 18.3 Å². The molecule has 10 heteroatoms. The van der Waals surface area contributed by atoms with Gasteiger partial charge < -0.3 is 19.5 Å². The van der Waals surface area contributed by atoms with Gasteiger partial charge in [-0.15, -0.1) is 0 Å². The number of nitrogens with one attached hydrogen (secondary N) is 1. The van der Waals surface area contributed by atoms with Gasteiger partial charge >= 0.3 is 0 Å². The van der Waals surface area contributed by atoms with E-state index < -0.39 is 0 Å². The number of anilines is 1. The van der Waals surface area contributed by atoms with Crippen LogP contribution >= 0.6 is 28.1 Å². The van der Waals surface area contributed by atoms with E-state index >= 15 is 0 Å². The summed E-state index contributed by atoms with van der Waals surface area (Å²) in [4.78, 5) is 18.4. The number of hydrogen-bond acceptors (Lipinski definition) is 5. The lowest BCUT2D eigenvalue weighted by atomic mass is 9.96. The molecule has 0 radical (unpaired) electrons. The monoisotopic (exact) mass is 591 g/mol. The Hall–Kier alpha value is -3.76. The van der Waals surface area contributed by atoms with Gasteiger partial charge in [-0.1, -0.05) is 22.0 Å². The average Bonchev–Trinajstić information content (AvgIpc) is 3.40. The molecule has 38 heavy (non-hydrogen) atoms. The van der Waals surface area contributed by atoms with Crippen molar-refractivity contribution in [2.75, 3.05) is 12.0 Å². The van der Waals surface area contributed by atoms with E-state index in [1.165, 1.54) is 13.2 Å². The Labute approximate surface area is 234 Å². The normalized spacial score (nSPS) is 17.0. The molecule has 0 saturated carbocycles. The lowest BCUT2D eigenvalue weighted by Gasteiger charge is -2.28. The Bertz CT molecular complexity index is 1560. The minimum Gasteiger partial charge on any atom is -0.496 e. The van der Waals surface area contributed by atoms with E-state index in [1.807, 2.05) is 55.7 Å². The highest BCUT2D eigenvalue weighted by Crippen LogP contribution is 2.44. The van der Waals surface area contributed by atoms with Crippen LogP contribution in [0.2, 0.25) is 0 Å². The molecule has 0 spiro atoms. The van der Waals surface area contributed by atoms with Crippen LogP contribution in [0.1, 0.15) is 40.3 Å². The number of nitro benzene ring substituents is 1. The maximum atomic E-state index is 12.0. The zero-order valence-electron chi connectivity index (χ0n) is 21.3. The Morgan fingerprint density at radius 3 is 2.55 bits per heavy atom. The number of rotatable bonds is 6. The molecule has 2 aromatic carbocycles. The van der Waals surface area contributed by atoms with Crippen molar-refractivity contribution in [1.29, 1.82) is 0 Å². The first-order valence-electron chi connectivity index (χ1n) is 12.0. The summed E-state index contributed by atoms with van der Waals surface area (Å²) in [6, 6.07) is 18.5. The third kappa shape index (κ3) is 4.43. The number of ether oxygens (including phenoxy) is 1. The van der Waals surface area contributed by atoms with E-state index in [2.05, 4.69) is 43.3 Å². The third-order valence-corrected chi connectivity index (χ3v) is 8.13. The number of halogens is 1. The number of thiocarbonyl (C=S) groups is 1. The molecular weight excluding hydrogens is 566 g/mol. The fourth-order valence-corrected chi connectivity index (χ4v) is 5.74. The maximum Gasteiger partial charge on any atom is 0.296 e. The van der Waals surface area contributed by atoms with Crippen molar-refractivity contribution in [3.8, 4) is 11.4 Å². The minimum atomic E-state index is -0.379. The largest absolute Gasteiger partial charge is 0.496 e. The summed E-state index contributed by atoms with van der Waals surface area (Å²) < 4.78 is 8.19. The second kappa shape index (κ2) is 10.2. The van der Waals surface area contributed by atoms with Crippen molar-refractivity contribution in [3.63, 3.8) is 0 Å². The van der Waals surface area contributed by atoms with Gasteiger partial charge in [-0.2, -0.15) is 0 Å². The molecule has 1 aliphatic heterocycles. The number of nitro groups is 1. The van der Waals surface area contributed by atoms with Crippen molar-refractivity contribution in [1.82, 2.24) is 14.9 Å². The lowest BCUT2D eigenvalue weighted by molar-refractivity contribution is -0.384. The van der Waals surface area contributed by atoms with Gasteiger partial charge in [-0.05, 0) is 92.6 Å². The molecule has 1 aliphatic rings. The molecule has 0 bridgehead atoms. The van der Waals surface area contributed by atoms with Gasteiger partial charge in [0.25, 0.3) is 5.69 Å². The molecule has 0 unspecified atom stereocenters. The number of pyridine rings is 1. The molecule has 1 fully saturated rings. The second-order valence-electron chi connectivity index (χ2n) is 9.20. The first kappa shape index (κ1) is 25.9. The number of aromatic nitrogens is 2. The van der Waals surface area contributed by atoms with Crippen LogP contribution in [0.3, 0.4) is 0 Å². The number of hydrogen-bond donors (Lipinski definition) is 1. The standard InChI is InChI=1S/C28H26BrN5O3S/c1-16-13-19(8-10-22(16)29)33-27(26(31-28(33)38)23-7-5-6-12-30-23)21-14-17(2)32(18(21)3)24-11-9-20(37-4)15-25(24)34(35)36/h5-15,26-27H,1-4H3,(H,31,38)/t26-,27+/m0/s1. The van der Waals surface area contributed by atoms with Gasteiger partial charge in [-0.3, -0.25) is 15.1 Å². The summed E-state index contributed by atoms with van der Waals surface area (Å²) in [5.41, 5.74) is 6.09. The van der Waals surface area contributed by atoms with Gasteiger partial charge in [0.2, 0.25) is 0 Å². The Balaban J connectivity index is 1.71. The second-order valence-corrected chi connectivity index (χ2v) is 10.4.